The Morgan fingerprint density at radius 1 is 1.06 bits per heavy atom. The zero-order chi connectivity index (χ0) is 21.6. The maximum atomic E-state index is 13.0. The van der Waals surface area contributed by atoms with E-state index in [4.69, 9.17) is 4.74 Å². The number of aromatic amines is 1. The lowest BCUT2D eigenvalue weighted by atomic mass is 10.2. The van der Waals surface area contributed by atoms with E-state index in [0.29, 0.717) is 36.2 Å². The van der Waals surface area contributed by atoms with Gasteiger partial charge in [-0.1, -0.05) is 6.92 Å². The molecule has 0 amide bonds. The summed E-state index contributed by atoms with van der Waals surface area (Å²) in [5, 5.41) is 3.24. The average Bonchev–Trinajstić information content (AvgIpc) is 2.79. The number of hydrogen-bond acceptors (Lipinski definition) is 6. The number of pyridine rings is 2. The normalized spacial score (nSPS) is 10.6. The second kappa shape index (κ2) is 9.17. The highest BCUT2D eigenvalue weighted by atomic mass is 19.1. The van der Waals surface area contributed by atoms with Crippen LogP contribution in [0.5, 0.6) is 11.6 Å². The van der Waals surface area contributed by atoms with E-state index in [2.05, 4.69) is 25.3 Å². The Hall–Kier alpha value is -4.07. The van der Waals surface area contributed by atoms with Crippen molar-refractivity contribution in [3.05, 3.63) is 94.4 Å². The Labute approximate surface area is 178 Å². The molecule has 0 radical (unpaired) electrons. The predicted molar refractivity (Wildman–Crippen MR) is 116 cm³/mol. The van der Waals surface area contributed by atoms with Gasteiger partial charge in [0.1, 0.15) is 23.2 Å². The molecule has 0 saturated carbocycles. The minimum atomic E-state index is -0.322. The number of halogens is 1. The third-order valence-corrected chi connectivity index (χ3v) is 4.50. The van der Waals surface area contributed by atoms with E-state index in [1.807, 2.05) is 25.1 Å². The van der Waals surface area contributed by atoms with Crippen LogP contribution in [0.1, 0.15) is 18.2 Å². The SMILES string of the molecule is CCc1cc(=O)[nH]c(-c2ccc(NCc3ccnc(Oc4ccc(F)cc4)c3)nc2)n1. The molecule has 0 aliphatic heterocycles. The molecular formula is C23H20FN5O2. The quantitative estimate of drug-likeness (QED) is 0.465. The van der Waals surface area contributed by atoms with Crippen LogP contribution in [0.15, 0.2) is 71.8 Å². The van der Waals surface area contributed by atoms with E-state index in [0.717, 1.165) is 16.8 Å². The fourth-order valence-corrected chi connectivity index (χ4v) is 2.90. The minimum Gasteiger partial charge on any atom is -0.439 e. The molecule has 1 aromatic carbocycles. The molecule has 0 aliphatic carbocycles. The number of nitrogens with one attached hydrogen (secondary N) is 2. The molecule has 0 saturated heterocycles. The number of benzene rings is 1. The van der Waals surface area contributed by atoms with Crippen molar-refractivity contribution in [3.63, 3.8) is 0 Å². The first-order valence-electron chi connectivity index (χ1n) is 9.78. The lowest BCUT2D eigenvalue weighted by Gasteiger charge is -2.09. The summed E-state index contributed by atoms with van der Waals surface area (Å²) in [6, 6.07) is 14.6. The third-order valence-electron chi connectivity index (χ3n) is 4.50. The molecule has 0 atom stereocenters. The minimum absolute atomic E-state index is 0.180. The highest BCUT2D eigenvalue weighted by Crippen LogP contribution is 2.21. The topological polar surface area (TPSA) is 92.8 Å². The van der Waals surface area contributed by atoms with Gasteiger partial charge in [0, 0.05) is 42.3 Å². The Balaban J connectivity index is 1.41. The lowest BCUT2D eigenvalue weighted by molar-refractivity contribution is 0.460. The van der Waals surface area contributed by atoms with Gasteiger partial charge in [-0.2, -0.15) is 0 Å². The number of hydrogen-bond donors (Lipinski definition) is 2. The number of rotatable bonds is 7. The lowest BCUT2D eigenvalue weighted by Crippen LogP contribution is -2.10. The van der Waals surface area contributed by atoms with Crippen molar-refractivity contribution in [1.29, 1.82) is 0 Å². The zero-order valence-corrected chi connectivity index (χ0v) is 16.8. The summed E-state index contributed by atoms with van der Waals surface area (Å²) in [4.78, 5) is 27.5. The first-order valence-corrected chi connectivity index (χ1v) is 9.78. The maximum absolute atomic E-state index is 13.0. The summed E-state index contributed by atoms with van der Waals surface area (Å²) in [6.45, 7) is 2.46. The van der Waals surface area contributed by atoms with Crippen LogP contribution in [0.25, 0.3) is 11.4 Å². The summed E-state index contributed by atoms with van der Waals surface area (Å²) >= 11 is 0. The van der Waals surface area contributed by atoms with Crippen LogP contribution in [0, 0.1) is 5.82 Å². The second-order valence-corrected chi connectivity index (χ2v) is 6.78. The van der Waals surface area contributed by atoms with E-state index < -0.39 is 0 Å². The third kappa shape index (κ3) is 5.30. The van der Waals surface area contributed by atoms with Crippen LogP contribution in [0.3, 0.4) is 0 Å². The largest absolute Gasteiger partial charge is 0.439 e. The highest BCUT2D eigenvalue weighted by Gasteiger charge is 2.05. The smallest absolute Gasteiger partial charge is 0.251 e. The van der Waals surface area contributed by atoms with Crippen molar-refractivity contribution in [1.82, 2.24) is 19.9 Å². The first kappa shape index (κ1) is 20.2. The van der Waals surface area contributed by atoms with Crippen LogP contribution in [-0.4, -0.2) is 19.9 Å². The van der Waals surface area contributed by atoms with E-state index >= 15 is 0 Å². The highest BCUT2D eigenvalue weighted by molar-refractivity contribution is 5.56. The fraction of sp³-hybridized carbons (Fsp3) is 0.130. The van der Waals surface area contributed by atoms with E-state index in [9.17, 15) is 9.18 Å². The number of aromatic nitrogens is 4. The summed E-state index contributed by atoms with van der Waals surface area (Å²) in [5.74, 6) is 1.78. The van der Waals surface area contributed by atoms with Crippen LogP contribution >= 0.6 is 0 Å². The molecule has 0 aliphatic rings. The van der Waals surface area contributed by atoms with Crippen molar-refractivity contribution in [2.45, 2.75) is 19.9 Å². The van der Waals surface area contributed by atoms with Crippen LogP contribution in [-0.2, 0) is 13.0 Å². The van der Waals surface area contributed by atoms with Crippen LogP contribution in [0.4, 0.5) is 10.2 Å². The van der Waals surface area contributed by atoms with Gasteiger partial charge in [0.25, 0.3) is 5.56 Å². The number of H-pyrrole nitrogens is 1. The molecule has 156 valence electrons. The predicted octanol–water partition coefficient (Wildman–Crippen LogP) is 4.33. The van der Waals surface area contributed by atoms with Crippen LogP contribution < -0.4 is 15.6 Å². The van der Waals surface area contributed by atoms with Crippen molar-refractivity contribution in [3.8, 4) is 23.0 Å². The standard InChI is InChI=1S/C23H20FN5O2/c1-2-18-12-21(30)29-23(28-18)16-3-8-20(27-14-16)26-13-15-9-10-25-22(11-15)31-19-6-4-17(24)5-7-19/h3-12,14H,2,13H2,1H3,(H,26,27)(H,28,29,30). The Morgan fingerprint density at radius 3 is 2.65 bits per heavy atom. The molecular weight excluding hydrogens is 397 g/mol. The summed E-state index contributed by atoms with van der Waals surface area (Å²) in [7, 11) is 0. The molecule has 0 unspecified atom stereocenters. The monoisotopic (exact) mass is 417 g/mol. The van der Waals surface area contributed by atoms with Crippen molar-refractivity contribution in [2.24, 2.45) is 0 Å². The van der Waals surface area contributed by atoms with Gasteiger partial charge in [-0.3, -0.25) is 4.79 Å². The summed E-state index contributed by atoms with van der Waals surface area (Å²) < 4.78 is 18.7. The van der Waals surface area contributed by atoms with Gasteiger partial charge in [0.15, 0.2) is 0 Å². The Kier molecular flexibility index (Phi) is 5.98. The first-order chi connectivity index (χ1) is 15.1. The molecule has 4 rings (SSSR count). The number of nitrogens with zero attached hydrogens (tertiary/aromatic N) is 3. The van der Waals surface area contributed by atoms with E-state index in [-0.39, 0.29) is 11.4 Å². The molecule has 0 bridgehead atoms. The fourth-order valence-electron chi connectivity index (χ4n) is 2.90. The molecule has 2 N–H and O–H groups in total. The van der Waals surface area contributed by atoms with Gasteiger partial charge in [0.2, 0.25) is 5.88 Å². The molecule has 0 spiro atoms. The molecule has 7 nitrogen and oxygen atoms in total. The van der Waals surface area contributed by atoms with E-state index in [1.165, 1.54) is 18.2 Å². The van der Waals surface area contributed by atoms with Crippen LogP contribution in [0.2, 0.25) is 0 Å². The Morgan fingerprint density at radius 2 is 1.90 bits per heavy atom. The molecule has 0 fully saturated rings. The van der Waals surface area contributed by atoms with Crippen molar-refractivity contribution >= 4 is 5.82 Å². The van der Waals surface area contributed by atoms with Gasteiger partial charge >= 0.3 is 0 Å². The average molecular weight is 417 g/mol. The molecule has 3 aromatic heterocycles. The number of aryl methyl sites for hydroxylation is 1. The van der Waals surface area contributed by atoms with Crippen molar-refractivity contribution < 1.29 is 9.13 Å². The summed E-state index contributed by atoms with van der Waals surface area (Å²) in [6.07, 6.45) is 3.99. The van der Waals surface area contributed by atoms with Gasteiger partial charge in [-0.05, 0) is 54.4 Å². The maximum Gasteiger partial charge on any atom is 0.251 e. The summed E-state index contributed by atoms with van der Waals surface area (Å²) in [5.41, 5.74) is 2.23. The number of anilines is 1. The Bertz CT molecular complexity index is 1220. The van der Waals surface area contributed by atoms with Gasteiger partial charge in [0.05, 0.1) is 0 Å². The van der Waals surface area contributed by atoms with Crippen molar-refractivity contribution in [2.75, 3.05) is 5.32 Å². The van der Waals surface area contributed by atoms with Gasteiger partial charge < -0.3 is 15.0 Å². The zero-order valence-electron chi connectivity index (χ0n) is 16.8. The van der Waals surface area contributed by atoms with Gasteiger partial charge in [-0.25, -0.2) is 19.3 Å². The number of ether oxygens (including phenoxy) is 1. The van der Waals surface area contributed by atoms with E-state index in [1.54, 1.807) is 30.6 Å². The molecule has 31 heavy (non-hydrogen) atoms. The molecule has 4 aromatic rings. The van der Waals surface area contributed by atoms with Gasteiger partial charge in [-0.15, -0.1) is 0 Å². The molecule has 3 heterocycles. The molecule has 8 heteroatoms. The second-order valence-electron chi connectivity index (χ2n) is 6.78.